The molecule has 0 amide bonds. The number of benzene rings is 1. The van der Waals surface area contributed by atoms with Gasteiger partial charge in [0, 0.05) is 47.5 Å². The summed E-state index contributed by atoms with van der Waals surface area (Å²) in [7, 11) is 1.90. The van der Waals surface area contributed by atoms with Crippen molar-refractivity contribution in [1.29, 1.82) is 0 Å². The fourth-order valence-corrected chi connectivity index (χ4v) is 3.51. The second kappa shape index (κ2) is 9.56. The van der Waals surface area contributed by atoms with Gasteiger partial charge in [-0.05, 0) is 42.7 Å². The van der Waals surface area contributed by atoms with E-state index in [4.69, 9.17) is 0 Å². The van der Waals surface area contributed by atoms with Crippen molar-refractivity contribution in [2.75, 3.05) is 0 Å². The van der Waals surface area contributed by atoms with Gasteiger partial charge in [-0.2, -0.15) is 5.10 Å². The number of aryl methyl sites for hydroxylation is 1. The third kappa shape index (κ3) is 4.50. The molecule has 0 N–H and O–H groups in total. The lowest BCUT2D eigenvalue weighted by Crippen LogP contribution is -2.18. The summed E-state index contributed by atoms with van der Waals surface area (Å²) in [4.78, 5) is 17.5. The van der Waals surface area contributed by atoms with Gasteiger partial charge in [-0.3, -0.25) is 19.0 Å². The van der Waals surface area contributed by atoms with Crippen molar-refractivity contribution in [3.8, 4) is 11.1 Å². The zero-order valence-corrected chi connectivity index (χ0v) is 19.1. The number of hydrogen-bond acceptors (Lipinski definition) is 3. The molecule has 0 saturated heterocycles. The third-order valence-electron chi connectivity index (χ3n) is 4.96. The van der Waals surface area contributed by atoms with Crippen LogP contribution in [0.1, 0.15) is 34.6 Å². The van der Waals surface area contributed by atoms with Gasteiger partial charge in [0.25, 0.3) is 5.56 Å². The molecule has 160 valence electrons. The van der Waals surface area contributed by atoms with E-state index in [9.17, 15) is 4.79 Å². The zero-order chi connectivity index (χ0) is 22.5. The molecule has 3 heterocycles. The van der Waals surface area contributed by atoms with Gasteiger partial charge in [-0.25, -0.2) is 0 Å². The summed E-state index contributed by atoms with van der Waals surface area (Å²) in [5, 5.41) is 6.15. The maximum atomic E-state index is 12.9. The van der Waals surface area contributed by atoms with Crippen LogP contribution in [-0.2, 0) is 7.05 Å². The van der Waals surface area contributed by atoms with Gasteiger partial charge in [-0.1, -0.05) is 45.9 Å². The van der Waals surface area contributed by atoms with Gasteiger partial charge in [0.1, 0.15) is 0 Å². The summed E-state index contributed by atoms with van der Waals surface area (Å²) >= 11 is 0. The molecule has 5 nitrogen and oxygen atoms in total. The molecule has 0 atom stereocenters. The van der Waals surface area contributed by atoms with Gasteiger partial charge in [0.05, 0.1) is 17.2 Å². The van der Waals surface area contributed by atoms with Crippen LogP contribution in [0.3, 0.4) is 0 Å². The standard InChI is InChI=1S/C24H24N4O.C2H6/c1-5-20(9-6-16(2)3)28-23(29)11-8-18-13-25-22-10-7-17(12-21(22)24(18)28)19-14-26-27(4)15-19;1-2/h5-16H,1-4H3;1-2H3/b9-6-,20-5+;. The van der Waals surface area contributed by atoms with Crippen molar-refractivity contribution in [3.05, 3.63) is 77.5 Å². The van der Waals surface area contributed by atoms with Crippen LogP contribution < -0.4 is 5.56 Å². The molecule has 0 aliphatic heterocycles. The van der Waals surface area contributed by atoms with Crippen molar-refractivity contribution in [2.45, 2.75) is 34.6 Å². The average molecular weight is 415 g/mol. The number of allylic oxidation sites excluding steroid dienone is 4. The molecule has 0 unspecified atom stereocenters. The average Bonchev–Trinajstić information content (AvgIpc) is 3.22. The number of aromatic nitrogens is 4. The highest BCUT2D eigenvalue weighted by atomic mass is 16.1. The lowest BCUT2D eigenvalue weighted by Gasteiger charge is -2.14. The topological polar surface area (TPSA) is 52.7 Å². The molecule has 31 heavy (non-hydrogen) atoms. The van der Waals surface area contributed by atoms with Crippen molar-refractivity contribution in [2.24, 2.45) is 13.0 Å². The van der Waals surface area contributed by atoms with Crippen LogP contribution in [0.4, 0.5) is 0 Å². The van der Waals surface area contributed by atoms with Crippen molar-refractivity contribution in [3.63, 3.8) is 0 Å². The maximum Gasteiger partial charge on any atom is 0.255 e. The van der Waals surface area contributed by atoms with Crippen molar-refractivity contribution in [1.82, 2.24) is 19.3 Å². The molecule has 4 rings (SSSR count). The maximum absolute atomic E-state index is 12.9. The minimum atomic E-state index is -0.0571. The van der Waals surface area contributed by atoms with E-state index in [1.165, 1.54) is 0 Å². The molecule has 0 radical (unpaired) electrons. The SMILES string of the molecule is C/C=C(\C=C/C(C)C)n1c(=O)ccc2cnc3ccc(-c4cnn(C)c4)cc3c21.CC. The summed E-state index contributed by atoms with van der Waals surface area (Å²) in [6.07, 6.45) is 11.7. The quantitative estimate of drug-likeness (QED) is 0.302. The van der Waals surface area contributed by atoms with Gasteiger partial charge in [0.15, 0.2) is 0 Å². The molecule has 3 aromatic heterocycles. The number of hydrogen-bond donors (Lipinski definition) is 0. The van der Waals surface area contributed by atoms with E-state index < -0.39 is 0 Å². The second-order valence-electron chi connectivity index (χ2n) is 7.52. The smallest absolute Gasteiger partial charge is 0.255 e. The first kappa shape index (κ1) is 22.2. The number of rotatable bonds is 4. The molecule has 4 aromatic rings. The fraction of sp³-hybridized carbons (Fsp3) is 0.269. The van der Waals surface area contributed by atoms with Crippen LogP contribution in [0.15, 0.2) is 71.9 Å². The van der Waals surface area contributed by atoms with Crippen LogP contribution in [0, 0.1) is 5.92 Å². The Balaban J connectivity index is 0.00000132. The highest BCUT2D eigenvalue weighted by molar-refractivity contribution is 6.06. The Kier molecular flexibility index (Phi) is 6.85. The predicted octanol–water partition coefficient (Wildman–Crippen LogP) is 6.05. The fourth-order valence-electron chi connectivity index (χ4n) is 3.51. The lowest BCUT2D eigenvalue weighted by atomic mass is 10.0. The molecular formula is C26H30N4O. The largest absolute Gasteiger partial charge is 0.277 e. The van der Waals surface area contributed by atoms with E-state index in [1.807, 2.05) is 76.8 Å². The van der Waals surface area contributed by atoms with Gasteiger partial charge >= 0.3 is 0 Å². The summed E-state index contributed by atoms with van der Waals surface area (Å²) < 4.78 is 3.57. The van der Waals surface area contributed by atoms with Crippen LogP contribution >= 0.6 is 0 Å². The first-order valence-corrected chi connectivity index (χ1v) is 10.8. The monoisotopic (exact) mass is 414 g/mol. The molecule has 0 aliphatic carbocycles. The molecule has 0 spiro atoms. The van der Waals surface area contributed by atoms with E-state index in [-0.39, 0.29) is 5.56 Å². The first-order chi connectivity index (χ1) is 15.0. The van der Waals surface area contributed by atoms with E-state index in [0.717, 1.165) is 38.6 Å². The van der Waals surface area contributed by atoms with Gasteiger partial charge in [0.2, 0.25) is 0 Å². The number of nitrogens with zero attached hydrogens (tertiary/aromatic N) is 4. The van der Waals surface area contributed by atoms with Crippen LogP contribution in [0.25, 0.3) is 38.6 Å². The van der Waals surface area contributed by atoms with Crippen molar-refractivity contribution < 1.29 is 0 Å². The molecule has 0 saturated carbocycles. The van der Waals surface area contributed by atoms with Crippen molar-refractivity contribution >= 4 is 27.5 Å². The first-order valence-electron chi connectivity index (χ1n) is 10.8. The minimum Gasteiger partial charge on any atom is -0.277 e. The predicted molar refractivity (Wildman–Crippen MR) is 131 cm³/mol. The van der Waals surface area contributed by atoms with E-state index in [2.05, 4.69) is 36.1 Å². The Morgan fingerprint density at radius 1 is 1.06 bits per heavy atom. The summed E-state index contributed by atoms with van der Waals surface area (Å²) in [6.45, 7) is 10.2. The molecule has 0 aliphatic rings. The Morgan fingerprint density at radius 2 is 1.84 bits per heavy atom. The highest BCUT2D eigenvalue weighted by Gasteiger charge is 2.12. The summed E-state index contributed by atoms with van der Waals surface area (Å²) in [5.41, 5.74) is 4.60. The Hall–Kier alpha value is -3.47. The zero-order valence-electron chi connectivity index (χ0n) is 19.1. The normalized spacial score (nSPS) is 12.0. The Labute approximate surface area is 183 Å². The van der Waals surface area contributed by atoms with Crippen LogP contribution in [0.2, 0.25) is 0 Å². The third-order valence-corrected chi connectivity index (χ3v) is 4.96. The van der Waals surface area contributed by atoms with Crippen LogP contribution in [-0.4, -0.2) is 19.3 Å². The summed E-state index contributed by atoms with van der Waals surface area (Å²) in [5.74, 6) is 0.395. The molecule has 0 fully saturated rings. The minimum absolute atomic E-state index is 0.0571. The van der Waals surface area contributed by atoms with E-state index in [0.29, 0.717) is 5.92 Å². The number of fused-ring (bicyclic) bond motifs is 3. The highest BCUT2D eigenvalue weighted by Crippen LogP contribution is 2.29. The van der Waals surface area contributed by atoms with Crippen LogP contribution in [0.5, 0.6) is 0 Å². The van der Waals surface area contributed by atoms with Gasteiger partial charge in [-0.15, -0.1) is 0 Å². The van der Waals surface area contributed by atoms with E-state index in [1.54, 1.807) is 15.3 Å². The summed E-state index contributed by atoms with van der Waals surface area (Å²) in [6, 6.07) is 9.58. The number of pyridine rings is 2. The molecule has 5 heteroatoms. The molecule has 0 bridgehead atoms. The van der Waals surface area contributed by atoms with Gasteiger partial charge < -0.3 is 0 Å². The van der Waals surface area contributed by atoms with E-state index >= 15 is 0 Å². The second-order valence-corrected chi connectivity index (χ2v) is 7.52. The molecular weight excluding hydrogens is 384 g/mol. The Morgan fingerprint density at radius 3 is 2.48 bits per heavy atom. The Bertz CT molecular complexity index is 1320. The molecule has 1 aromatic carbocycles. The lowest BCUT2D eigenvalue weighted by molar-refractivity contribution is 0.768.